The molecule has 0 N–H and O–H groups in total. The number of hydrogen-bond donors (Lipinski definition) is 0. The van der Waals surface area contributed by atoms with E-state index in [1.54, 1.807) is 42.5 Å². The summed E-state index contributed by atoms with van der Waals surface area (Å²) in [4.78, 5) is 26.2. The highest BCUT2D eigenvalue weighted by molar-refractivity contribution is 8.18. The van der Waals surface area contributed by atoms with Gasteiger partial charge in [0.05, 0.1) is 11.4 Å². The highest BCUT2D eigenvalue weighted by atomic mass is 35.5. The second-order valence-corrected chi connectivity index (χ2v) is 7.65. The number of nitrogens with zero attached hydrogens (tertiary/aromatic N) is 1. The first-order valence-electron chi connectivity index (χ1n) is 7.56. The van der Waals surface area contributed by atoms with Crippen molar-refractivity contribution in [3.63, 3.8) is 0 Å². The van der Waals surface area contributed by atoms with Gasteiger partial charge in [0.1, 0.15) is 0 Å². The number of carbonyl (C=O) groups excluding carboxylic acids is 2. The summed E-state index contributed by atoms with van der Waals surface area (Å²) in [6, 6.07) is 12.3. The Morgan fingerprint density at radius 3 is 2.50 bits per heavy atom. The van der Waals surface area contributed by atoms with Gasteiger partial charge in [-0.3, -0.25) is 14.5 Å². The first-order valence-corrected chi connectivity index (χ1v) is 9.51. The van der Waals surface area contributed by atoms with Crippen LogP contribution in [0.5, 0.6) is 0 Å². The van der Waals surface area contributed by atoms with Crippen molar-refractivity contribution in [1.29, 1.82) is 0 Å². The molecule has 1 saturated heterocycles. The Bertz CT molecular complexity index is 940. The van der Waals surface area contributed by atoms with E-state index < -0.39 is 0 Å². The van der Waals surface area contributed by atoms with Crippen LogP contribution in [0.1, 0.15) is 11.1 Å². The highest BCUT2D eigenvalue weighted by Crippen LogP contribution is 2.33. The van der Waals surface area contributed by atoms with Crippen molar-refractivity contribution < 1.29 is 9.59 Å². The molecule has 0 bridgehead atoms. The normalized spacial score (nSPS) is 16.3. The molecule has 1 fully saturated rings. The molecule has 2 amide bonds. The van der Waals surface area contributed by atoms with Gasteiger partial charge < -0.3 is 0 Å². The largest absolute Gasteiger partial charge is 0.293 e. The van der Waals surface area contributed by atoms with Gasteiger partial charge in [0.2, 0.25) is 0 Å². The van der Waals surface area contributed by atoms with E-state index in [0.29, 0.717) is 25.5 Å². The van der Waals surface area contributed by atoms with E-state index >= 15 is 0 Å². The maximum atomic E-state index is 12.5. The molecular formula is C19H12Cl3NO2S. The molecule has 1 heterocycles. The zero-order valence-corrected chi connectivity index (χ0v) is 16.4. The van der Waals surface area contributed by atoms with Crippen LogP contribution in [0.25, 0.3) is 6.08 Å². The van der Waals surface area contributed by atoms with Crippen molar-refractivity contribution >= 4 is 63.8 Å². The van der Waals surface area contributed by atoms with E-state index in [1.807, 2.05) is 18.2 Å². The summed E-state index contributed by atoms with van der Waals surface area (Å²) < 4.78 is 0. The van der Waals surface area contributed by atoms with Gasteiger partial charge in [-0.25, -0.2) is 0 Å². The molecule has 1 aliphatic heterocycles. The van der Waals surface area contributed by atoms with Gasteiger partial charge in [-0.05, 0) is 47.2 Å². The Labute approximate surface area is 170 Å². The van der Waals surface area contributed by atoms with Gasteiger partial charge in [-0.1, -0.05) is 71.2 Å². The van der Waals surface area contributed by atoms with Gasteiger partial charge in [-0.2, -0.15) is 0 Å². The van der Waals surface area contributed by atoms with E-state index in [2.05, 4.69) is 0 Å². The zero-order valence-electron chi connectivity index (χ0n) is 13.3. The molecule has 0 saturated carbocycles. The molecule has 0 spiro atoms. The predicted octanol–water partition coefficient (Wildman–Crippen LogP) is 6.44. The van der Waals surface area contributed by atoms with E-state index in [9.17, 15) is 9.59 Å². The Kier molecular flexibility index (Phi) is 6.09. The molecule has 0 unspecified atom stereocenters. The van der Waals surface area contributed by atoms with Crippen molar-refractivity contribution in [1.82, 2.24) is 4.90 Å². The number of imide groups is 1. The number of carbonyl (C=O) groups is 2. The number of benzene rings is 2. The maximum absolute atomic E-state index is 12.5. The lowest BCUT2D eigenvalue weighted by atomic mass is 10.2. The third-order valence-electron chi connectivity index (χ3n) is 3.65. The van der Waals surface area contributed by atoms with Crippen LogP contribution >= 0.6 is 46.6 Å². The summed E-state index contributed by atoms with van der Waals surface area (Å²) >= 11 is 19.0. The van der Waals surface area contributed by atoms with Crippen LogP contribution < -0.4 is 0 Å². The molecule has 26 heavy (non-hydrogen) atoms. The third kappa shape index (κ3) is 4.33. The lowest BCUT2D eigenvalue weighted by molar-refractivity contribution is -0.123. The van der Waals surface area contributed by atoms with Gasteiger partial charge >= 0.3 is 0 Å². The Balaban J connectivity index is 1.75. The minimum absolute atomic E-state index is 0.103. The second-order valence-electron chi connectivity index (χ2n) is 5.41. The van der Waals surface area contributed by atoms with Crippen LogP contribution in [0.3, 0.4) is 0 Å². The average molecular weight is 425 g/mol. The van der Waals surface area contributed by atoms with Crippen LogP contribution in [-0.4, -0.2) is 16.0 Å². The molecule has 3 nitrogen and oxygen atoms in total. The SMILES string of the molecule is O=C1S/C(=C\C=C\c2ccccc2Cl)C(=O)N1Cc1ccc(Cl)cc1Cl. The number of amides is 2. The lowest BCUT2D eigenvalue weighted by Crippen LogP contribution is -2.27. The molecule has 0 radical (unpaired) electrons. The number of thioether (sulfide) groups is 1. The van der Waals surface area contributed by atoms with Gasteiger partial charge in [0, 0.05) is 15.1 Å². The van der Waals surface area contributed by atoms with Crippen molar-refractivity contribution in [3.05, 3.63) is 85.7 Å². The summed E-state index contributed by atoms with van der Waals surface area (Å²) in [6.45, 7) is 0.103. The first kappa shape index (κ1) is 19.1. The van der Waals surface area contributed by atoms with E-state index in [-0.39, 0.29) is 17.7 Å². The molecular weight excluding hydrogens is 413 g/mol. The Morgan fingerprint density at radius 2 is 1.77 bits per heavy atom. The molecule has 7 heteroatoms. The third-order valence-corrected chi connectivity index (χ3v) is 5.50. The van der Waals surface area contributed by atoms with Crippen LogP contribution in [0.2, 0.25) is 15.1 Å². The fraction of sp³-hybridized carbons (Fsp3) is 0.0526. The number of halogens is 3. The molecule has 132 valence electrons. The predicted molar refractivity (Wildman–Crippen MR) is 109 cm³/mol. The number of rotatable bonds is 4. The molecule has 2 aromatic rings. The lowest BCUT2D eigenvalue weighted by Gasteiger charge is -2.13. The minimum atomic E-state index is -0.352. The fourth-order valence-corrected chi connectivity index (χ4v) is 3.78. The maximum Gasteiger partial charge on any atom is 0.293 e. The van der Waals surface area contributed by atoms with Gasteiger partial charge in [0.25, 0.3) is 11.1 Å². The summed E-state index contributed by atoms with van der Waals surface area (Å²) in [7, 11) is 0. The second kappa shape index (κ2) is 8.31. The van der Waals surface area contributed by atoms with E-state index in [1.165, 1.54) is 0 Å². The molecule has 3 rings (SSSR count). The molecule has 2 aromatic carbocycles. The first-order chi connectivity index (χ1) is 12.5. The van der Waals surface area contributed by atoms with E-state index in [4.69, 9.17) is 34.8 Å². The van der Waals surface area contributed by atoms with E-state index in [0.717, 1.165) is 22.2 Å². The van der Waals surface area contributed by atoms with Crippen LogP contribution in [-0.2, 0) is 11.3 Å². The van der Waals surface area contributed by atoms with Crippen LogP contribution in [0, 0.1) is 0 Å². The van der Waals surface area contributed by atoms with Crippen LogP contribution in [0.4, 0.5) is 4.79 Å². The number of allylic oxidation sites excluding steroid dienone is 2. The highest BCUT2D eigenvalue weighted by Gasteiger charge is 2.34. The summed E-state index contributed by atoms with van der Waals surface area (Å²) in [5, 5.41) is 1.19. The summed E-state index contributed by atoms with van der Waals surface area (Å²) in [5.74, 6) is -0.352. The summed E-state index contributed by atoms with van der Waals surface area (Å²) in [5.41, 5.74) is 1.49. The molecule has 0 aliphatic carbocycles. The number of hydrogen-bond acceptors (Lipinski definition) is 3. The van der Waals surface area contributed by atoms with Crippen molar-refractivity contribution in [2.45, 2.75) is 6.54 Å². The van der Waals surface area contributed by atoms with Crippen molar-refractivity contribution in [3.8, 4) is 0 Å². The Hall–Kier alpha value is -1.72. The molecule has 1 aliphatic rings. The molecule has 0 atom stereocenters. The fourth-order valence-electron chi connectivity index (χ4n) is 2.32. The minimum Gasteiger partial charge on any atom is -0.268 e. The zero-order chi connectivity index (χ0) is 18.7. The molecule has 0 aromatic heterocycles. The van der Waals surface area contributed by atoms with Crippen LogP contribution in [0.15, 0.2) is 59.5 Å². The van der Waals surface area contributed by atoms with Gasteiger partial charge in [-0.15, -0.1) is 0 Å². The standard InChI is InChI=1S/C19H12Cl3NO2S/c20-14-9-8-13(16(22)10-14)11-23-18(24)17(26-19(23)25)7-3-5-12-4-1-2-6-15(12)21/h1-10H,11H2/b5-3+,17-7-. The van der Waals surface area contributed by atoms with Crippen molar-refractivity contribution in [2.75, 3.05) is 0 Å². The topological polar surface area (TPSA) is 37.4 Å². The van der Waals surface area contributed by atoms with Gasteiger partial charge in [0.15, 0.2) is 0 Å². The summed E-state index contributed by atoms with van der Waals surface area (Å²) in [6.07, 6.45) is 5.09. The van der Waals surface area contributed by atoms with Crippen molar-refractivity contribution in [2.24, 2.45) is 0 Å². The average Bonchev–Trinajstić information content (AvgIpc) is 2.86. The monoisotopic (exact) mass is 423 g/mol. The smallest absolute Gasteiger partial charge is 0.268 e. The Morgan fingerprint density at radius 1 is 1.00 bits per heavy atom. The quantitative estimate of drug-likeness (QED) is 0.530.